The van der Waals surface area contributed by atoms with Gasteiger partial charge < -0.3 is 4.40 Å². The van der Waals surface area contributed by atoms with Crippen LogP contribution in [0, 0.1) is 0 Å². The van der Waals surface area contributed by atoms with Crippen LogP contribution in [0.4, 0.5) is 0 Å². The average Bonchev–Trinajstić information content (AvgIpc) is 3.99. The van der Waals surface area contributed by atoms with E-state index in [1.165, 1.54) is 81.2 Å². The summed E-state index contributed by atoms with van der Waals surface area (Å²) >= 11 is 0. The molecule has 0 saturated carbocycles. The highest BCUT2D eigenvalue weighted by Gasteiger charge is 2.28. The summed E-state index contributed by atoms with van der Waals surface area (Å²) in [6.45, 7) is 0. The minimum Gasteiger partial charge on any atom is -0.308 e. The number of rotatable bonds is 2. The number of fused-ring (bicyclic) bond motifs is 17. The number of benzene rings is 9. The lowest BCUT2D eigenvalue weighted by atomic mass is 10.0. The Hall–Kier alpha value is -7.76. The lowest BCUT2D eigenvalue weighted by molar-refractivity contribution is 0.998. The van der Waals surface area contributed by atoms with Crippen molar-refractivity contribution in [3.8, 4) is 11.6 Å². The summed E-state index contributed by atoms with van der Waals surface area (Å²) in [5, 5.41) is 14.7. The van der Waals surface area contributed by atoms with E-state index < -0.39 is 0 Å². The Morgan fingerprint density at radius 1 is 0.298 bits per heavy atom. The van der Waals surface area contributed by atoms with E-state index in [4.69, 9.17) is 9.97 Å². The van der Waals surface area contributed by atoms with E-state index in [1.807, 2.05) is 0 Å². The molecule has 9 aromatic carbocycles. The predicted octanol–water partition coefficient (Wildman–Crippen LogP) is 13.3. The second kappa shape index (κ2) is 10.5. The molecule has 5 heterocycles. The Kier molecular flexibility index (Phi) is 5.45. The quantitative estimate of drug-likeness (QED) is 0.178. The van der Waals surface area contributed by atoms with Crippen molar-refractivity contribution in [3.63, 3.8) is 0 Å². The van der Waals surface area contributed by atoms with Gasteiger partial charge in [-0.1, -0.05) is 121 Å². The first-order valence-corrected chi connectivity index (χ1v) is 19.5. The van der Waals surface area contributed by atoms with Gasteiger partial charge in [-0.3, -0.25) is 9.13 Å². The SMILES string of the molecule is c1ccc2cc3c(cc2c1)c1c2c(cc4c5ccccc5n3c41)c1ccccc1n2-c1nc2ccccc2nc1-n1c2ccccc2c2c3ccccc3ccc21. The third-order valence-corrected chi connectivity index (χ3v) is 12.5. The highest BCUT2D eigenvalue weighted by atomic mass is 15.2. The highest BCUT2D eigenvalue weighted by Crippen LogP contribution is 2.48. The first-order valence-electron chi connectivity index (χ1n) is 19.5. The Bertz CT molecular complexity index is 4050. The molecule has 0 bridgehead atoms. The first-order chi connectivity index (χ1) is 28.3. The summed E-state index contributed by atoms with van der Waals surface area (Å²) in [5.74, 6) is 1.59. The molecule has 0 aliphatic carbocycles. The number of hydrogen-bond acceptors (Lipinski definition) is 2. The highest BCUT2D eigenvalue weighted by molar-refractivity contribution is 6.35. The monoisotopic (exact) mass is 723 g/mol. The molecular formula is C52H29N5. The summed E-state index contributed by atoms with van der Waals surface area (Å²) in [6.07, 6.45) is 0. The lowest BCUT2D eigenvalue weighted by Crippen LogP contribution is -2.09. The Morgan fingerprint density at radius 2 is 0.842 bits per heavy atom. The zero-order valence-electron chi connectivity index (χ0n) is 30.5. The number of nitrogens with zero attached hydrogens (tertiary/aromatic N) is 5. The van der Waals surface area contributed by atoms with E-state index >= 15 is 0 Å². The van der Waals surface area contributed by atoms with Crippen molar-refractivity contribution in [3.05, 3.63) is 176 Å². The van der Waals surface area contributed by atoms with Crippen LogP contribution in [0.15, 0.2) is 176 Å². The van der Waals surface area contributed by atoms with E-state index in [9.17, 15) is 0 Å². The van der Waals surface area contributed by atoms with E-state index in [-0.39, 0.29) is 0 Å². The Labute approximate surface area is 324 Å². The molecule has 5 heteroatoms. The fourth-order valence-electron chi connectivity index (χ4n) is 10.2. The molecule has 0 atom stereocenters. The third-order valence-electron chi connectivity index (χ3n) is 12.5. The van der Waals surface area contributed by atoms with Crippen LogP contribution in [0.5, 0.6) is 0 Å². The summed E-state index contributed by atoms with van der Waals surface area (Å²) in [5.41, 5.74) is 9.80. The van der Waals surface area contributed by atoms with Gasteiger partial charge in [-0.15, -0.1) is 0 Å². The van der Waals surface area contributed by atoms with Crippen molar-refractivity contribution in [2.75, 3.05) is 0 Å². The maximum Gasteiger partial charge on any atom is 0.182 e. The maximum atomic E-state index is 5.64. The topological polar surface area (TPSA) is 40.1 Å². The second-order valence-corrected chi connectivity index (χ2v) is 15.4. The second-order valence-electron chi connectivity index (χ2n) is 15.4. The molecule has 0 saturated heterocycles. The zero-order chi connectivity index (χ0) is 36.9. The molecule has 0 spiro atoms. The smallest absolute Gasteiger partial charge is 0.182 e. The minimum absolute atomic E-state index is 0.794. The molecule has 0 amide bonds. The van der Waals surface area contributed by atoms with Crippen LogP contribution in [0.25, 0.3) is 126 Å². The molecule has 0 N–H and O–H groups in total. The number of aromatic nitrogens is 5. The van der Waals surface area contributed by atoms with Gasteiger partial charge in [0.1, 0.15) is 0 Å². The third kappa shape index (κ3) is 3.69. The van der Waals surface area contributed by atoms with Crippen molar-refractivity contribution < 1.29 is 0 Å². The van der Waals surface area contributed by atoms with Gasteiger partial charge in [0.15, 0.2) is 11.6 Å². The van der Waals surface area contributed by atoms with Gasteiger partial charge >= 0.3 is 0 Å². The van der Waals surface area contributed by atoms with Crippen LogP contribution in [0.3, 0.4) is 0 Å². The number of hydrogen-bond donors (Lipinski definition) is 0. The molecule has 5 nitrogen and oxygen atoms in total. The van der Waals surface area contributed by atoms with Gasteiger partial charge in [-0.05, 0) is 76.1 Å². The molecule has 0 unspecified atom stereocenters. The molecule has 14 aromatic rings. The summed E-state index contributed by atoms with van der Waals surface area (Å²) < 4.78 is 7.26. The van der Waals surface area contributed by atoms with Crippen molar-refractivity contribution in [1.29, 1.82) is 0 Å². The Morgan fingerprint density at radius 3 is 1.60 bits per heavy atom. The van der Waals surface area contributed by atoms with Crippen LogP contribution in [-0.4, -0.2) is 23.5 Å². The van der Waals surface area contributed by atoms with E-state index in [1.54, 1.807) is 0 Å². The van der Waals surface area contributed by atoms with Gasteiger partial charge in [-0.25, -0.2) is 9.97 Å². The summed E-state index contributed by atoms with van der Waals surface area (Å²) in [7, 11) is 0. The average molecular weight is 724 g/mol. The molecular weight excluding hydrogens is 695 g/mol. The van der Waals surface area contributed by atoms with E-state index in [0.717, 1.165) is 44.7 Å². The molecule has 57 heavy (non-hydrogen) atoms. The van der Waals surface area contributed by atoms with Crippen molar-refractivity contribution in [2.24, 2.45) is 0 Å². The van der Waals surface area contributed by atoms with E-state index in [0.29, 0.717) is 0 Å². The normalized spacial score (nSPS) is 12.6. The van der Waals surface area contributed by atoms with Crippen LogP contribution in [-0.2, 0) is 0 Å². The van der Waals surface area contributed by atoms with Crippen LogP contribution in [0.2, 0.25) is 0 Å². The minimum atomic E-state index is 0.794. The molecule has 14 rings (SSSR count). The Balaban J connectivity index is 1.24. The maximum absolute atomic E-state index is 5.64. The number of para-hydroxylation sites is 5. The van der Waals surface area contributed by atoms with Crippen molar-refractivity contribution >= 4 is 114 Å². The zero-order valence-corrected chi connectivity index (χ0v) is 30.5. The predicted molar refractivity (Wildman–Crippen MR) is 238 cm³/mol. The molecule has 262 valence electrons. The van der Waals surface area contributed by atoms with Gasteiger partial charge in [0, 0.05) is 43.1 Å². The summed E-state index contributed by atoms with van der Waals surface area (Å²) in [6, 6.07) is 63.8. The van der Waals surface area contributed by atoms with Crippen molar-refractivity contribution in [1.82, 2.24) is 23.5 Å². The van der Waals surface area contributed by atoms with Crippen molar-refractivity contribution in [2.45, 2.75) is 0 Å². The van der Waals surface area contributed by atoms with Gasteiger partial charge in [0.2, 0.25) is 0 Å². The van der Waals surface area contributed by atoms with Gasteiger partial charge in [-0.2, -0.15) is 0 Å². The first kappa shape index (κ1) is 29.6. The molecule has 0 aliphatic heterocycles. The standard InChI is InChI=1S/C52H29N5/c1-2-15-32-28-46-39(27-31(32)14-1)48-49-37(34-17-5-10-22-42(34)55(46)49)29-38-35-18-6-11-23-43(35)57(50(38)48)52-51(53-40-20-8-9-21-41(40)54-52)56-44-24-12-7-19-36(44)47-33-16-4-3-13-30(33)25-26-45(47)56/h1-29H. The van der Waals surface area contributed by atoms with Crippen LogP contribution >= 0.6 is 0 Å². The van der Waals surface area contributed by atoms with Crippen LogP contribution < -0.4 is 0 Å². The molecule has 5 aromatic heterocycles. The van der Waals surface area contributed by atoms with Gasteiger partial charge in [0.05, 0.1) is 49.7 Å². The van der Waals surface area contributed by atoms with Crippen LogP contribution in [0.1, 0.15) is 0 Å². The molecule has 0 radical (unpaired) electrons. The fraction of sp³-hybridized carbons (Fsp3) is 0. The lowest BCUT2D eigenvalue weighted by Gasteiger charge is -2.16. The molecule has 0 aliphatic rings. The molecule has 0 fully saturated rings. The van der Waals surface area contributed by atoms with E-state index in [2.05, 4.69) is 189 Å². The largest absolute Gasteiger partial charge is 0.308 e. The fourth-order valence-corrected chi connectivity index (χ4v) is 10.2. The van der Waals surface area contributed by atoms with Gasteiger partial charge in [0.25, 0.3) is 0 Å². The summed E-state index contributed by atoms with van der Waals surface area (Å²) in [4.78, 5) is 11.2.